The average Bonchev–Trinajstić information content (AvgIpc) is 2.88. The van der Waals surface area contributed by atoms with Gasteiger partial charge in [0.1, 0.15) is 5.54 Å². The van der Waals surface area contributed by atoms with Crippen LogP contribution in [0.2, 0.25) is 5.02 Å². The lowest BCUT2D eigenvalue weighted by molar-refractivity contribution is 0.0867. The molecule has 0 aliphatic rings. The third kappa shape index (κ3) is 4.52. The Balaban J connectivity index is 2.03. The maximum absolute atomic E-state index is 6.18. The van der Waals surface area contributed by atoms with E-state index >= 15 is 0 Å². The summed E-state index contributed by atoms with van der Waals surface area (Å²) in [6, 6.07) is 7.55. The number of hydrogen-bond donors (Lipinski definition) is 1. The lowest BCUT2D eigenvalue weighted by Crippen LogP contribution is -2.39. The second-order valence-electron chi connectivity index (χ2n) is 5.29. The molecule has 2 N–H and O–H groups in total. The zero-order valence-electron chi connectivity index (χ0n) is 12.3. The summed E-state index contributed by atoms with van der Waals surface area (Å²) in [5.74, 6) is 0.968. The van der Waals surface area contributed by atoms with E-state index in [0.717, 1.165) is 12.0 Å². The smallest absolute Gasteiger partial charge is 0.231 e. The van der Waals surface area contributed by atoms with Gasteiger partial charge in [-0.25, -0.2) is 0 Å². The lowest BCUT2D eigenvalue weighted by Gasteiger charge is -2.19. The van der Waals surface area contributed by atoms with E-state index in [0.29, 0.717) is 36.4 Å². The fraction of sp³-hybridized carbons (Fsp3) is 0.467. The Hall–Kier alpha value is -1.43. The van der Waals surface area contributed by atoms with Gasteiger partial charge >= 0.3 is 0 Å². The molecule has 0 aliphatic carbocycles. The normalized spacial score (nSPS) is 14.1. The molecule has 1 unspecified atom stereocenters. The van der Waals surface area contributed by atoms with Crippen LogP contribution in [0.4, 0.5) is 0 Å². The first kappa shape index (κ1) is 15.9. The number of nitrogens with zero attached hydrogens (tertiary/aromatic N) is 2. The molecule has 6 heteroatoms. The summed E-state index contributed by atoms with van der Waals surface area (Å²) >= 11 is 5.96. The minimum Gasteiger partial charge on any atom is -0.379 e. The largest absolute Gasteiger partial charge is 0.379 e. The molecular weight excluding hydrogens is 290 g/mol. The molecule has 0 radical (unpaired) electrons. The van der Waals surface area contributed by atoms with Crippen molar-refractivity contribution in [1.82, 2.24) is 10.1 Å². The number of rotatable bonds is 7. The third-order valence-corrected chi connectivity index (χ3v) is 3.21. The number of nitrogens with two attached hydrogens (primary N) is 1. The predicted molar refractivity (Wildman–Crippen MR) is 81.2 cm³/mol. The van der Waals surface area contributed by atoms with E-state index in [4.69, 9.17) is 26.6 Å². The summed E-state index contributed by atoms with van der Waals surface area (Å²) < 4.78 is 10.7. The fourth-order valence-electron chi connectivity index (χ4n) is 1.87. The monoisotopic (exact) mass is 309 g/mol. The van der Waals surface area contributed by atoms with Crippen molar-refractivity contribution >= 4 is 11.6 Å². The van der Waals surface area contributed by atoms with Crippen LogP contribution in [-0.4, -0.2) is 23.4 Å². The van der Waals surface area contributed by atoms with Gasteiger partial charge in [-0.2, -0.15) is 4.98 Å². The zero-order valence-corrected chi connectivity index (χ0v) is 13.1. The minimum absolute atomic E-state index is 0.358. The first-order chi connectivity index (χ1) is 10.0. The van der Waals surface area contributed by atoms with Gasteiger partial charge in [-0.15, -0.1) is 0 Å². The predicted octanol–water partition coefficient (Wildman–Crippen LogP) is 2.91. The van der Waals surface area contributed by atoms with Crippen molar-refractivity contribution in [1.29, 1.82) is 0 Å². The second kappa shape index (κ2) is 7.02. The molecule has 0 spiro atoms. The number of halogens is 1. The topological polar surface area (TPSA) is 74.2 Å². The Morgan fingerprint density at radius 2 is 2.24 bits per heavy atom. The molecule has 1 heterocycles. The van der Waals surface area contributed by atoms with Crippen molar-refractivity contribution in [3.63, 3.8) is 0 Å². The summed E-state index contributed by atoms with van der Waals surface area (Å²) in [4.78, 5) is 4.36. The Kier molecular flexibility index (Phi) is 5.33. The van der Waals surface area contributed by atoms with E-state index in [1.165, 1.54) is 0 Å². The molecule has 0 bridgehead atoms. The Morgan fingerprint density at radius 3 is 2.95 bits per heavy atom. The van der Waals surface area contributed by atoms with Gasteiger partial charge in [0.25, 0.3) is 0 Å². The van der Waals surface area contributed by atoms with Crippen molar-refractivity contribution in [2.75, 3.05) is 13.2 Å². The highest BCUT2D eigenvalue weighted by atomic mass is 35.5. The Morgan fingerprint density at radius 1 is 1.43 bits per heavy atom. The van der Waals surface area contributed by atoms with Crippen molar-refractivity contribution in [2.24, 2.45) is 5.73 Å². The number of hydrogen-bond acceptors (Lipinski definition) is 5. The van der Waals surface area contributed by atoms with Crippen LogP contribution >= 0.6 is 11.6 Å². The summed E-state index contributed by atoms with van der Waals surface area (Å²) in [5, 5.41) is 4.65. The van der Waals surface area contributed by atoms with Crippen LogP contribution in [-0.2, 0) is 16.7 Å². The van der Waals surface area contributed by atoms with Gasteiger partial charge in [-0.05, 0) is 31.0 Å². The van der Waals surface area contributed by atoms with E-state index in [1.807, 2.05) is 38.1 Å². The summed E-state index contributed by atoms with van der Waals surface area (Å²) in [7, 11) is 0. The molecule has 0 fully saturated rings. The van der Waals surface area contributed by atoms with E-state index in [9.17, 15) is 0 Å². The first-order valence-corrected chi connectivity index (χ1v) is 7.33. The van der Waals surface area contributed by atoms with Gasteiger partial charge in [-0.3, -0.25) is 0 Å². The van der Waals surface area contributed by atoms with Crippen LogP contribution in [0.25, 0.3) is 0 Å². The maximum atomic E-state index is 6.18. The standard InChI is InChI=1S/C15H20ClN3O2/c1-3-7-20-10-15(2,17)14-18-13(21-19-14)9-11-5-4-6-12(16)8-11/h4-6,8H,3,7,9-10,17H2,1-2H3. The molecule has 1 aromatic carbocycles. The summed E-state index contributed by atoms with van der Waals surface area (Å²) in [6.07, 6.45) is 1.47. The summed E-state index contributed by atoms with van der Waals surface area (Å²) in [5.41, 5.74) is 6.43. The van der Waals surface area contributed by atoms with E-state index in [1.54, 1.807) is 0 Å². The minimum atomic E-state index is -0.759. The molecule has 2 rings (SSSR count). The van der Waals surface area contributed by atoms with Crippen LogP contribution in [0.15, 0.2) is 28.8 Å². The van der Waals surface area contributed by atoms with Crippen molar-refractivity contribution in [3.8, 4) is 0 Å². The highest BCUT2D eigenvalue weighted by molar-refractivity contribution is 6.30. The van der Waals surface area contributed by atoms with Gasteiger partial charge in [-0.1, -0.05) is 35.8 Å². The van der Waals surface area contributed by atoms with Crippen LogP contribution in [0, 0.1) is 0 Å². The Labute approximate surface area is 129 Å². The molecule has 2 aromatic rings. The van der Waals surface area contributed by atoms with Gasteiger partial charge in [0.2, 0.25) is 5.89 Å². The zero-order chi connectivity index (χ0) is 15.3. The van der Waals surface area contributed by atoms with Crippen molar-refractivity contribution in [3.05, 3.63) is 46.6 Å². The Bertz CT molecular complexity index is 584. The molecule has 0 amide bonds. The van der Waals surface area contributed by atoms with Crippen LogP contribution < -0.4 is 5.73 Å². The summed E-state index contributed by atoms with van der Waals surface area (Å²) in [6.45, 7) is 4.90. The number of benzene rings is 1. The van der Waals surface area contributed by atoms with Crippen LogP contribution in [0.3, 0.4) is 0 Å². The van der Waals surface area contributed by atoms with Crippen LogP contribution in [0.1, 0.15) is 37.5 Å². The fourth-order valence-corrected chi connectivity index (χ4v) is 2.09. The van der Waals surface area contributed by atoms with E-state index < -0.39 is 5.54 Å². The second-order valence-corrected chi connectivity index (χ2v) is 5.72. The number of ether oxygens (including phenoxy) is 1. The van der Waals surface area contributed by atoms with Crippen molar-refractivity contribution in [2.45, 2.75) is 32.2 Å². The number of aromatic nitrogens is 2. The van der Waals surface area contributed by atoms with Gasteiger partial charge < -0.3 is 15.0 Å². The van der Waals surface area contributed by atoms with Gasteiger partial charge in [0.15, 0.2) is 5.82 Å². The maximum Gasteiger partial charge on any atom is 0.231 e. The average molecular weight is 310 g/mol. The highest BCUT2D eigenvalue weighted by Crippen LogP contribution is 2.18. The van der Waals surface area contributed by atoms with E-state index in [-0.39, 0.29) is 0 Å². The van der Waals surface area contributed by atoms with Crippen molar-refractivity contribution < 1.29 is 9.26 Å². The molecule has 1 aromatic heterocycles. The molecule has 5 nitrogen and oxygen atoms in total. The van der Waals surface area contributed by atoms with Gasteiger partial charge in [0, 0.05) is 11.6 Å². The van der Waals surface area contributed by atoms with Crippen LogP contribution in [0.5, 0.6) is 0 Å². The van der Waals surface area contributed by atoms with Gasteiger partial charge in [0.05, 0.1) is 13.0 Å². The molecular formula is C15H20ClN3O2. The quantitative estimate of drug-likeness (QED) is 0.796. The molecule has 0 aliphatic heterocycles. The first-order valence-electron chi connectivity index (χ1n) is 6.95. The molecule has 0 saturated heterocycles. The highest BCUT2D eigenvalue weighted by Gasteiger charge is 2.27. The van der Waals surface area contributed by atoms with E-state index in [2.05, 4.69) is 10.1 Å². The molecule has 0 saturated carbocycles. The SMILES string of the molecule is CCCOCC(C)(N)c1noc(Cc2cccc(Cl)c2)n1. The lowest BCUT2D eigenvalue weighted by atomic mass is 10.1. The molecule has 114 valence electrons. The molecule has 1 atom stereocenters. The molecule has 21 heavy (non-hydrogen) atoms. The third-order valence-electron chi connectivity index (χ3n) is 2.97.